The van der Waals surface area contributed by atoms with Crippen molar-refractivity contribution >= 4 is 27.4 Å². The largest absolute Gasteiger partial charge is 0.360 e. The van der Waals surface area contributed by atoms with E-state index in [0.29, 0.717) is 17.8 Å². The van der Waals surface area contributed by atoms with Gasteiger partial charge in [0, 0.05) is 31.5 Å². The molecule has 26 heavy (non-hydrogen) atoms. The highest BCUT2D eigenvalue weighted by molar-refractivity contribution is 7.89. The zero-order valence-electron chi connectivity index (χ0n) is 14.5. The summed E-state index contributed by atoms with van der Waals surface area (Å²) in [7, 11) is -3.81. The van der Waals surface area contributed by atoms with Gasteiger partial charge in [0.25, 0.3) is 0 Å². The number of ketones is 1. The van der Waals surface area contributed by atoms with Crippen molar-refractivity contribution in [2.45, 2.75) is 31.6 Å². The van der Waals surface area contributed by atoms with Crippen LogP contribution in [-0.2, 0) is 14.8 Å². The number of carbonyl (C=O) groups is 2. The number of para-hydroxylation sites is 1. The first-order valence-electron chi connectivity index (χ1n) is 8.16. The third-order valence-corrected chi connectivity index (χ3v) is 5.93. The van der Waals surface area contributed by atoms with Gasteiger partial charge in [-0.2, -0.15) is 0 Å². The van der Waals surface area contributed by atoms with E-state index in [4.69, 9.17) is 4.52 Å². The summed E-state index contributed by atoms with van der Waals surface area (Å²) in [5, 5.41) is 3.63. The Morgan fingerprint density at radius 2 is 2.04 bits per heavy atom. The van der Waals surface area contributed by atoms with Crippen molar-refractivity contribution in [2.75, 3.05) is 18.0 Å². The molecule has 1 amide bonds. The molecule has 0 saturated carbocycles. The number of sulfonamides is 1. The topological polar surface area (TPSA) is 110 Å². The number of carbonyl (C=O) groups excluding carboxylic acids is 2. The Hall–Kier alpha value is -2.52. The summed E-state index contributed by atoms with van der Waals surface area (Å²) in [5.74, 6) is -0.0417. The smallest absolute Gasteiger partial charge is 0.245 e. The van der Waals surface area contributed by atoms with Crippen molar-refractivity contribution in [1.29, 1.82) is 0 Å². The molecule has 8 nitrogen and oxygen atoms in total. The number of amides is 1. The molecule has 0 fully saturated rings. The van der Waals surface area contributed by atoms with E-state index in [-0.39, 0.29) is 47.4 Å². The van der Waals surface area contributed by atoms with Gasteiger partial charge in [0.1, 0.15) is 10.6 Å². The summed E-state index contributed by atoms with van der Waals surface area (Å²) in [6, 6.07) is 6.93. The summed E-state index contributed by atoms with van der Waals surface area (Å²) in [5.41, 5.74) is 1.36. The first kappa shape index (κ1) is 18.3. The zero-order valence-corrected chi connectivity index (χ0v) is 15.3. The van der Waals surface area contributed by atoms with Crippen LogP contribution in [0.15, 0.2) is 33.7 Å². The SMILES string of the molecule is Cc1noc(C)c1S(=O)(=O)NCCC(=O)N1CCC(=O)c2ccccc21. The molecule has 1 aromatic carbocycles. The van der Waals surface area contributed by atoms with E-state index in [1.54, 1.807) is 24.3 Å². The summed E-state index contributed by atoms with van der Waals surface area (Å²) in [4.78, 5) is 26.0. The second-order valence-electron chi connectivity index (χ2n) is 6.04. The Morgan fingerprint density at radius 1 is 1.31 bits per heavy atom. The number of aryl methyl sites for hydroxylation is 2. The van der Waals surface area contributed by atoms with Crippen LogP contribution in [0.1, 0.15) is 34.7 Å². The maximum Gasteiger partial charge on any atom is 0.245 e. The van der Waals surface area contributed by atoms with Gasteiger partial charge in [-0.05, 0) is 26.0 Å². The molecule has 0 saturated heterocycles. The van der Waals surface area contributed by atoms with Crippen LogP contribution in [-0.4, -0.2) is 38.4 Å². The summed E-state index contributed by atoms with van der Waals surface area (Å²) >= 11 is 0. The lowest BCUT2D eigenvalue weighted by Crippen LogP contribution is -2.39. The van der Waals surface area contributed by atoms with Crippen molar-refractivity contribution in [1.82, 2.24) is 9.88 Å². The van der Waals surface area contributed by atoms with Crippen LogP contribution < -0.4 is 9.62 Å². The Bertz CT molecular complexity index is 945. The molecule has 0 radical (unpaired) electrons. The van der Waals surface area contributed by atoms with Crippen LogP contribution in [0.2, 0.25) is 0 Å². The number of hydrogen-bond donors (Lipinski definition) is 1. The minimum Gasteiger partial charge on any atom is -0.360 e. The zero-order chi connectivity index (χ0) is 18.9. The number of rotatable bonds is 5. The van der Waals surface area contributed by atoms with Gasteiger partial charge in [-0.15, -0.1) is 0 Å². The molecule has 1 aromatic heterocycles. The molecular formula is C17H19N3O5S. The molecule has 1 aliphatic heterocycles. The molecule has 3 rings (SSSR count). The van der Waals surface area contributed by atoms with Gasteiger partial charge in [0.15, 0.2) is 11.5 Å². The normalized spacial score (nSPS) is 14.4. The fourth-order valence-corrected chi connectivity index (χ4v) is 4.39. The Balaban J connectivity index is 1.67. The number of fused-ring (bicyclic) bond motifs is 1. The van der Waals surface area contributed by atoms with E-state index >= 15 is 0 Å². The van der Waals surface area contributed by atoms with Crippen molar-refractivity contribution in [2.24, 2.45) is 0 Å². The fourth-order valence-electron chi connectivity index (χ4n) is 3.03. The maximum atomic E-state index is 12.5. The Labute approximate surface area is 151 Å². The monoisotopic (exact) mass is 377 g/mol. The second kappa shape index (κ2) is 7.00. The van der Waals surface area contributed by atoms with Gasteiger partial charge in [-0.1, -0.05) is 17.3 Å². The standard InChI is InChI=1S/C17H19N3O5S/c1-11-17(12(2)25-19-11)26(23,24)18-9-7-16(22)20-10-8-15(21)13-5-3-4-6-14(13)20/h3-6,18H,7-10H2,1-2H3. The highest BCUT2D eigenvalue weighted by atomic mass is 32.2. The predicted molar refractivity (Wildman–Crippen MR) is 93.5 cm³/mol. The molecule has 0 aliphatic carbocycles. The van der Waals surface area contributed by atoms with Crippen molar-refractivity contribution in [3.05, 3.63) is 41.3 Å². The number of aromatic nitrogens is 1. The molecule has 0 spiro atoms. The average Bonchev–Trinajstić information content (AvgIpc) is 2.94. The van der Waals surface area contributed by atoms with Crippen LogP contribution in [0, 0.1) is 13.8 Å². The van der Waals surface area contributed by atoms with Crippen LogP contribution in [0.25, 0.3) is 0 Å². The molecular weight excluding hydrogens is 358 g/mol. The molecule has 0 atom stereocenters. The van der Waals surface area contributed by atoms with Crippen molar-refractivity contribution < 1.29 is 22.5 Å². The fraction of sp³-hybridized carbons (Fsp3) is 0.353. The minimum absolute atomic E-state index is 0.00105. The van der Waals surface area contributed by atoms with E-state index in [1.165, 1.54) is 18.7 Å². The summed E-state index contributed by atoms with van der Waals surface area (Å²) in [6.07, 6.45) is 0.235. The van der Waals surface area contributed by atoms with Crippen LogP contribution in [0.4, 0.5) is 5.69 Å². The number of benzene rings is 1. The third kappa shape index (κ3) is 3.40. The van der Waals surface area contributed by atoms with Crippen LogP contribution in [0.3, 0.4) is 0 Å². The van der Waals surface area contributed by atoms with Crippen LogP contribution in [0.5, 0.6) is 0 Å². The third-order valence-electron chi connectivity index (χ3n) is 4.23. The number of anilines is 1. The van der Waals surface area contributed by atoms with Crippen molar-refractivity contribution in [3.8, 4) is 0 Å². The predicted octanol–water partition coefficient (Wildman–Crippen LogP) is 1.58. The lowest BCUT2D eigenvalue weighted by Gasteiger charge is -2.28. The Morgan fingerprint density at radius 3 is 2.73 bits per heavy atom. The molecule has 0 bridgehead atoms. The van der Waals surface area contributed by atoms with Gasteiger partial charge in [-0.3, -0.25) is 9.59 Å². The van der Waals surface area contributed by atoms with Gasteiger partial charge in [-0.25, -0.2) is 13.1 Å². The molecule has 0 unspecified atom stereocenters. The molecule has 2 aromatic rings. The molecule has 1 N–H and O–H groups in total. The highest BCUT2D eigenvalue weighted by Gasteiger charge is 2.28. The lowest BCUT2D eigenvalue weighted by molar-refractivity contribution is -0.118. The number of nitrogens with one attached hydrogen (secondary N) is 1. The first-order chi connectivity index (χ1) is 12.3. The molecule has 2 heterocycles. The lowest BCUT2D eigenvalue weighted by atomic mass is 10.00. The summed E-state index contributed by atoms with van der Waals surface area (Å²) in [6.45, 7) is 3.29. The van der Waals surface area contributed by atoms with Crippen LogP contribution >= 0.6 is 0 Å². The second-order valence-corrected chi connectivity index (χ2v) is 7.74. The van der Waals surface area contributed by atoms with Gasteiger partial charge in [0.2, 0.25) is 15.9 Å². The van der Waals surface area contributed by atoms with Gasteiger partial charge in [0.05, 0.1) is 5.69 Å². The van der Waals surface area contributed by atoms with E-state index in [9.17, 15) is 18.0 Å². The first-order valence-corrected chi connectivity index (χ1v) is 9.64. The number of hydrogen-bond acceptors (Lipinski definition) is 6. The maximum absolute atomic E-state index is 12.5. The minimum atomic E-state index is -3.81. The van der Waals surface area contributed by atoms with Gasteiger partial charge < -0.3 is 9.42 Å². The number of Topliss-reactive ketones (excluding diaryl/α,β-unsaturated/α-hetero) is 1. The van der Waals surface area contributed by atoms with E-state index in [1.807, 2.05) is 0 Å². The average molecular weight is 377 g/mol. The molecule has 138 valence electrons. The highest BCUT2D eigenvalue weighted by Crippen LogP contribution is 2.27. The van der Waals surface area contributed by atoms with E-state index in [0.717, 1.165) is 0 Å². The van der Waals surface area contributed by atoms with E-state index < -0.39 is 10.0 Å². The number of nitrogens with zero attached hydrogens (tertiary/aromatic N) is 2. The summed E-state index contributed by atoms with van der Waals surface area (Å²) < 4.78 is 32.0. The van der Waals surface area contributed by atoms with Gasteiger partial charge >= 0.3 is 0 Å². The Kier molecular flexibility index (Phi) is 4.92. The van der Waals surface area contributed by atoms with E-state index in [2.05, 4.69) is 9.88 Å². The van der Waals surface area contributed by atoms with Crippen molar-refractivity contribution in [3.63, 3.8) is 0 Å². The molecule has 9 heteroatoms. The molecule has 1 aliphatic rings. The quantitative estimate of drug-likeness (QED) is 0.847.